The van der Waals surface area contributed by atoms with Crippen LogP contribution in [0.1, 0.15) is 15.4 Å². The summed E-state index contributed by atoms with van der Waals surface area (Å²) in [7, 11) is 1.84. The van der Waals surface area contributed by atoms with Crippen LogP contribution in [0.5, 0.6) is 0 Å². The molecule has 76 valence electrons. The highest BCUT2D eigenvalue weighted by Gasteiger charge is 2.01. The van der Waals surface area contributed by atoms with Crippen LogP contribution in [0.25, 0.3) is 6.08 Å². The van der Waals surface area contributed by atoms with Gasteiger partial charge < -0.3 is 0 Å². The Balaban J connectivity index is 2.13. The molecule has 0 aliphatic heterocycles. The first-order chi connectivity index (χ1) is 7.27. The van der Waals surface area contributed by atoms with E-state index >= 15 is 0 Å². The Bertz CT molecular complexity index is 482. The lowest BCUT2D eigenvalue weighted by atomic mass is 10.2. The molecule has 0 saturated heterocycles. The fourth-order valence-electron chi connectivity index (χ4n) is 1.21. The molecule has 0 saturated carbocycles. The summed E-state index contributed by atoms with van der Waals surface area (Å²) in [5.74, 6) is 0.0335. The summed E-state index contributed by atoms with van der Waals surface area (Å²) < 4.78 is 1.72. The number of thiophene rings is 1. The number of hydrogen-bond donors (Lipinski definition) is 0. The predicted octanol–water partition coefficient (Wildman–Crippen LogP) is 2.38. The molecule has 4 heteroatoms. The van der Waals surface area contributed by atoms with Gasteiger partial charge in [0, 0.05) is 13.2 Å². The highest BCUT2D eigenvalue weighted by Crippen LogP contribution is 2.10. The number of hydrogen-bond acceptors (Lipinski definition) is 3. The van der Waals surface area contributed by atoms with E-state index in [0.29, 0.717) is 0 Å². The van der Waals surface area contributed by atoms with Crippen LogP contribution in [0.2, 0.25) is 0 Å². The molecule has 0 amide bonds. The van der Waals surface area contributed by atoms with Crippen molar-refractivity contribution < 1.29 is 4.79 Å². The number of aromatic nitrogens is 2. The van der Waals surface area contributed by atoms with Crippen molar-refractivity contribution in [2.24, 2.45) is 7.05 Å². The summed E-state index contributed by atoms with van der Waals surface area (Å²) in [5, 5.41) is 5.91. The molecular weight excluding hydrogens is 208 g/mol. The fraction of sp³-hybridized carbons (Fsp3) is 0.0909. The van der Waals surface area contributed by atoms with Crippen LogP contribution in [0, 0.1) is 0 Å². The SMILES string of the molecule is Cn1nccc1/C=C\C(=O)c1cccs1. The predicted molar refractivity (Wildman–Crippen MR) is 60.9 cm³/mol. The molecule has 0 spiro atoms. The van der Waals surface area contributed by atoms with Gasteiger partial charge in [0.1, 0.15) is 0 Å². The van der Waals surface area contributed by atoms with Crippen molar-refractivity contribution in [2.45, 2.75) is 0 Å². The van der Waals surface area contributed by atoms with Crippen LogP contribution >= 0.6 is 11.3 Å². The quantitative estimate of drug-likeness (QED) is 0.585. The molecule has 0 fully saturated rings. The van der Waals surface area contributed by atoms with Crippen molar-refractivity contribution in [1.82, 2.24) is 9.78 Å². The number of allylic oxidation sites excluding steroid dienone is 1. The number of ketones is 1. The Labute approximate surface area is 91.7 Å². The Kier molecular flexibility index (Phi) is 2.78. The van der Waals surface area contributed by atoms with E-state index < -0.39 is 0 Å². The van der Waals surface area contributed by atoms with E-state index in [0.717, 1.165) is 10.6 Å². The zero-order valence-electron chi connectivity index (χ0n) is 8.25. The van der Waals surface area contributed by atoms with Gasteiger partial charge in [-0.15, -0.1) is 11.3 Å². The second-order valence-electron chi connectivity index (χ2n) is 3.05. The van der Waals surface area contributed by atoms with E-state index in [-0.39, 0.29) is 5.78 Å². The van der Waals surface area contributed by atoms with E-state index in [4.69, 9.17) is 0 Å². The zero-order valence-corrected chi connectivity index (χ0v) is 9.07. The van der Waals surface area contributed by atoms with E-state index in [1.807, 2.05) is 30.6 Å². The van der Waals surface area contributed by atoms with E-state index in [2.05, 4.69) is 5.10 Å². The molecular formula is C11H10N2OS. The van der Waals surface area contributed by atoms with Gasteiger partial charge >= 0.3 is 0 Å². The minimum atomic E-state index is 0.0335. The fourth-order valence-corrected chi connectivity index (χ4v) is 1.85. The molecule has 0 aliphatic rings. The van der Waals surface area contributed by atoms with Gasteiger partial charge in [-0.05, 0) is 29.7 Å². The van der Waals surface area contributed by atoms with Crippen molar-refractivity contribution in [1.29, 1.82) is 0 Å². The summed E-state index contributed by atoms with van der Waals surface area (Å²) >= 11 is 1.45. The topological polar surface area (TPSA) is 34.9 Å². The molecule has 15 heavy (non-hydrogen) atoms. The Hall–Kier alpha value is -1.68. The van der Waals surface area contributed by atoms with Crippen LogP contribution in [0.3, 0.4) is 0 Å². The summed E-state index contributed by atoms with van der Waals surface area (Å²) in [5.41, 5.74) is 0.917. The number of carbonyl (C=O) groups excluding carboxylic acids is 1. The highest BCUT2D eigenvalue weighted by molar-refractivity contribution is 7.12. The first-order valence-corrected chi connectivity index (χ1v) is 5.39. The van der Waals surface area contributed by atoms with Gasteiger partial charge in [-0.2, -0.15) is 5.10 Å². The van der Waals surface area contributed by atoms with Crippen LogP contribution in [0.4, 0.5) is 0 Å². The van der Waals surface area contributed by atoms with Crippen molar-refractivity contribution in [3.63, 3.8) is 0 Å². The lowest BCUT2D eigenvalue weighted by Gasteiger charge is -1.92. The van der Waals surface area contributed by atoms with Gasteiger partial charge in [-0.25, -0.2) is 0 Å². The average Bonchev–Trinajstić information content (AvgIpc) is 2.85. The van der Waals surface area contributed by atoms with E-state index in [1.54, 1.807) is 23.0 Å². The molecule has 0 N–H and O–H groups in total. The lowest BCUT2D eigenvalue weighted by molar-refractivity contribution is 0.105. The summed E-state index contributed by atoms with van der Waals surface area (Å²) in [6.07, 6.45) is 5.05. The zero-order chi connectivity index (χ0) is 10.7. The molecule has 2 aromatic rings. The first kappa shape index (κ1) is 9.86. The Morgan fingerprint density at radius 1 is 1.53 bits per heavy atom. The normalized spacial score (nSPS) is 11.0. The molecule has 2 rings (SSSR count). The Morgan fingerprint density at radius 3 is 3.00 bits per heavy atom. The summed E-state index contributed by atoms with van der Waals surface area (Å²) in [4.78, 5) is 12.4. The average molecular weight is 218 g/mol. The maximum atomic E-state index is 11.6. The summed E-state index contributed by atoms with van der Waals surface area (Å²) in [6.45, 7) is 0. The van der Waals surface area contributed by atoms with Gasteiger partial charge in [-0.1, -0.05) is 6.07 Å². The van der Waals surface area contributed by atoms with Gasteiger partial charge in [0.15, 0.2) is 5.78 Å². The van der Waals surface area contributed by atoms with Crippen molar-refractivity contribution >= 4 is 23.2 Å². The third kappa shape index (κ3) is 2.22. The summed E-state index contributed by atoms with van der Waals surface area (Å²) in [6, 6.07) is 5.55. The molecule has 3 nitrogen and oxygen atoms in total. The number of nitrogens with zero attached hydrogens (tertiary/aromatic N) is 2. The second kappa shape index (κ2) is 4.23. The van der Waals surface area contributed by atoms with E-state index in [1.165, 1.54) is 11.3 Å². The molecule has 0 unspecified atom stereocenters. The Morgan fingerprint density at radius 2 is 2.40 bits per heavy atom. The first-order valence-electron chi connectivity index (χ1n) is 4.51. The molecule has 2 heterocycles. The number of aryl methyl sites for hydroxylation is 1. The number of rotatable bonds is 3. The maximum absolute atomic E-state index is 11.6. The van der Waals surface area contributed by atoms with Crippen LogP contribution in [0.15, 0.2) is 35.9 Å². The van der Waals surface area contributed by atoms with Crippen molar-refractivity contribution in [2.75, 3.05) is 0 Å². The minimum absolute atomic E-state index is 0.0335. The van der Waals surface area contributed by atoms with E-state index in [9.17, 15) is 4.79 Å². The molecule has 2 aromatic heterocycles. The molecule has 0 radical (unpaired) electrons. The standard InChI is InChI=1S/C11H10N2OS/c1-13-9(6-7-12-13)4-5-10(14)11-3-2-8-15-11/h2-8H,1H3/b5-4-. The van der Waals surface area contributed by atoms with Crippen LogP contribution in [-0.2, 0) is 7.05 Å². The monoisotopic (exact) mass is 218 g/mol. The highest BCUT2D eigenvalue weighted by atomic mass is 32.1. The lowest BCUT2D eigenvalue weighted by Crippen LogP contribution is -1.94. The minimum Gasteiger partial charge on any atom is -0.288 e. The van der Waals surface area contributed by atoms with Gasteiger partial charge in [0.05, 0.1) is 10.6 Å². The third-order valence-electron chi connectivity index (χ3n) is 2.03. The molecule has 0 aliphatic carbocycles. The molecule has 0 aromatic carbocycles. The third-order valence-corrected chi connectivity index (χ3v) is 2.91. The van der Waals surface area contributed by atoms with Crippen LogP contribution in [-0.4, -0.2) is 15.6 Å². The van der Waals surface area contributed by atoms with Gasteiger partial charge in [0.2, 0.25) is 0 Å². The van der Waals surface area contributed by atoms with Crippen molar-refractivity contribution in [3.05, 3.63) is 46.4 Å². The largest absolute Gasteiger partial charge is 0.288 e. The van der Waals surface area contributed by atoms with Gasteiger partial charge in [0.25, 0.3) is 0 Å². The second-order valence-corrected chi connectivity index (χ2v) is 4.00. The molecule has 0 atom stereocenters. The maximum Gasteiger partial charge on any atom is 0.195 e. The molecule has 0 bridgehead atoms. The number of carbonyl (C=O) groups is 1. The van der Waals surface area contributed by atoms with Gasteiger partial charge in [-0.3, -0.25) is 9.48 Å². The van der Waals surface area contributed by atoms with Crippen molar-refractivity contribution in [3.8, 4) is 0 Å². The smallest absolute Gasteiger partial charge is 0.195 e. The van der Waals surface area contributed by atoms with Crippen LogP contribution < -0.4 is 0 Å².